The molecule has 1 aliphatic heterocycles. The lowest BCUT2D eigenvalue weighted by Gasteiger charge is -2.32. The van der Waals surface area contributed by atoms with Crippen LogP contribution in [0.1, 0.15) is 38.2 Å². The quantitative estimate of drug-likeness (QED) is 0.663. The Labute approximate surface area is 165 Å². The highest BCUT2D eigenvalue weighted by molar-refractivity contribution is 6.42. The highest BCUT2D eigenvalue weighted by Gasteiger charge is 2.28. The predicted octanol–water partition coefficient (Wildman–Crippen LogP) is 4.50. The van der Waals surface area contributed by atoms with Crippen molar-refractivity contribution >= 4 is 41.1 Å². The third-order valence-corrected chi connectivity index (χ3v) is 5.60. The van der Waals surface area contributed by atoms with E-state index >= 15 is 0 Å². The van der Waals surface area contributed by atoms with E-state index in [1.807, 2.05) is 18.0 Å². The van der Waals surface area contributed by atoms with Gasteiger partial charge in [0, 0.05) is 38.7 Å². The standard InChI is InChI=1S/C20H26Cl2N2O2/c1-3-4-12-23(2)20(26)16-10-13-24(14-11-16)18(25)9-8-15-6-5-7-17(21)19(15)22/h5-9,16H,3-4,10-14H2,1-2H3/b9-8+. The van der Waals surface area contributed by atoms with Gasteiger partial charge in [-0.15, -0.1) is 0 Å². The van der Waals surface area contributed by atoms with E-state index in [0.29, 0.717) is 36.0 Å². The Morgan fingerprint density at radius 2 is 1.96 bits per heavy atom. The summed E-state index contributed by atoms with van der Waals surface area (Å²) in [6.45, 7) is 4.12. The fourth-order valence-electron chi connectivity index (χ4n) is 3.08. The zero-order chi connectivity index (χ0) is 19.1. The Kier molecular flexibility index (Phi) is 7.98. The molecule has 1 aromatic carbocycles. The number of amides is 2. The summed E-state index contributed by atoms with van der Waals surface area (Å²) in [6.07, 6.45) is 6.74. The van der Waals surface area contributed by atoms with Gasteiger partial charge in [0.25, 0.3) is 0 Å². The lowest BCUT2D eigenvalue weighted by atomic mass is 9.95. The maximum atomic E-state index is 12.4. The van der Waals surface area contributed by atoms with Crippen LogP contribution in [0.3, 0.4) is 0 Å². The third-order valence-electron chi connectivity index (χ3n) is 4.77. The highest BCUT2D eigenvalue weighted by atomic mass is 35.5. The summed E-state index contributed by atoms with van der Waals surface area (Å²) in [4.78, 5) is 28.4. The van der Waals surface area contributed by atoms with Gasteiger partial charge in [0.05, 0.1) is 10.0 Å². The summed E-state index contributed by atoms with van der Waals surface area (Å²) in [7, 11) is 1.87. The molecule has 2 amide bonds. The van der Waals surface area contributed by atoms with Gasteiger partial charge in [-0.05, 0) is 37.0 Å². The molecule has 0 bridgehead atoms. The molecule has 6 heteroatoms. The van der Waals surface area contributed by atoms with E-state index in [9.17, 15) is 9.59 Å². The molecule has 0 N–H and O–H groups in total. The molecule has 26 heavy (non-hydrogen) atoms. The molecule has 0 saturated carbocycles. The average molecular weight is 397 g/mol. The smallest absolute Gasteiger partial charge is 0.246 e. The van der Waals surface area contributed by atoms with E-state index in [1.165, 1.54) is 6.08 Å². The van der Waals surface area contributed by atoms with Crippen LogP contribution in [-0.4, -0.2) is 48.3 Å². The topological polar surface area (TPSA) is 40.6 Å². The van der Waals surface area contributed by atoms with Gasteiger partial charge in [-0.2, -0.15) is 0 Å². The maximum absolute atomic E-state index is 12.4. The molecule has 4 nitrogen and oxygen atoms in total. The van der Waals surface area contributed by atoms with Crippen LogP contribution in [0.5, 0.6) is 0 Å². The number of carbonyl (C=O) groups excluding carboxylic acids is 2. The molecule has 0 radical (unpaired) electrons. The number of benzene rings is 1. The molecule has 142 valence electrons. The molecule has 1 saturated heterocycles. The van der Waals surface area contributed by atoms with Gasteiger partial charge in [-0.25, -0.2) is 0 Å². The third kappa shape index (κ3) is 5.49. The second-order valence-corrected chi connectivity index (χ2v) is 7.47. The van der Waals surface area contributed by atoms with E-state index in [1.54, 1.807) is 23.1 Å². The van der Waals surface area contributed by atoms with Crippen molar-refractivity contribution in [2.24, 2.45) is 5.92 Å². The van der Waals surface area contributed by atoms with E-state index in [4.69, 9.17) is 23.2 Å². The van der Waals surface area contributed by atoms with Crippen molar-refractivity contribution in [1.82, 2.24) is 9.80 Å². The molecule has 1 heterocycles. The van der Waals surface area contributed by atoms with Gasteiger partial charge >= 0.3 is 0 Å². The SMILES string of the molecule is CCCCN(C)C(=O)C1CCN(C(=O)/C=C/c2cccc(Cl)c2Cl)CC1. The van der Waals surface area contributed by atoms with Crippen LogP contribution >= 0.6 is 23.2 Å². The van der Waals surface area contributed by atoms with Crippen LogP contribution in [0.4, 0.5) is 0 Å². The Hall–Kier alpha value is -1.52. The maximum Gasteiger partial charge on any atom is 0.246 e. The van der Waals surface area contributed by atoms with Crippen molar-refractivity contribution < 1.29 is 9.59 Å². The van der Waals surface area contributed by atoms with Crippen LogP contribution in [0, 0.1) is 5.92 Å². The molecular weight excluding hydrogens is 371 g/mol. The number of hydrogen-bond donors (Lipinski definition) is 0. The fraction of sp³-hybridized carbons (Fsp3) is 0.500. The zero-order valence-electron chi connectivity index (χ0n) is 15.4. The first kappa shape index (κ1) is 20.8. The molecule has 0 unspecified atom stereocenters. The fourth-order valence-corrected chi connectivity index (χ4v) is 3.45. The van der Waals surface area contributed by atoms with Gasteiger partial charge in [0.15, 0.2) is 0 Å². The summed E-state index contributed by atoms with van der Waals surface area (Å²) in [5, 5.41) is 0.908. The lowest BCUT2D eigenvalue weighted by molar-refractivity contribution is -0.138. The minimum atomic E-state index is -0.0636. The Morgan fingerprint density at radius 1 is 1.27 bits per heavy atom. The molecule has 1 aromatic rings. The van der Waals surface area contributed by atoms with Crippen LogP contribution in [0.15, 0.2) is 24.3 Å². The molecule has 0 aliphatic carbocycles. The van der Waals surface area contributed by atoms with Gasteiger partial charge in [-0.3, -0.25) is 9.59 Å². The van der Waals surface area contributed by atoms with Crippen molar-refractivity contribution in [2.45, 2.75) is 32.6 Å². The summed E-state index contributed by atoms with van der Waals surface area (Å²) in [5.41, 5.74) is 0.718. The van der Waals surface area contributed by atoms with Gasteiger partial charge in [0.1, 0.15) is 0 Å². The van der Waals surface area contributed by atoms with Crippen molar-refractivity contribution in [3.63, 3.8) is 0 Å². The van der Waals surface area contributed by atoms with Crippen molar-refractivity contribution in [2.75, 3.05) is 26.7 Å². The van der Waals surface area contributed by atoms with Crippen LogP contribution in [0.2, 0.25) is 10.0 Å². The van der Waals surface area contributed by atoms with Crippen LogP contribution < -0.4 is 0 Å². The molecule has 1 fully saturated rings. The molecule has 2 rings (SSSR count). The largest absolute Gasteiger partial charge is 0.346 e. The van der Waals surface area contributed by atoms with E-state index in [-0.39, 0.29) is 17.7 Å². The van der Waals surface area contributed by atoms with E-state index in [0.717, 1.165) is 24.9 Å². The number of nitrogens with zero attached hydrogens (tertiary/aromatic N) is 2. The molecule has 1 aliphatic rings. The Morgan fingerprint density at radius 3 is 2.62 bits per heavy atom. The first-order chi connectivity index (χ1) is 12.4. The number of carbonyl (C=O) groups is 2. The van der Waals surface area contributed by atoms with E-state index in [2.05, 4.69) is 6.92 Å². The summed E-state index contributed by atoms with van der Waals surface area (Å²) in [6, 6.07) is 5.32. The normalized spacial score (nSPS) is 15.5. The number of hydrogen-bond acceptors (Lipinski definition) is 2. The molecule has 0 atom stereocenters. The predicted molar refractivity (Wildman–Crippen MR) is 107 cm³/mol. The lowest BCUT2D eigenvalue weighted by Crippen LogP contribution is -2.43. The van der Waals surface area contributed by atoms with Gasteiger partial charge < -0.3 is 9.80 Å². The summed E-state index contributed by atoms with van der Waals surface area (Å²) in [5.74, 6) is 0.158. The highest BCUT2D eigenvalue weighted by Crippen LogP contribution is 2.26. The van der Waals surface area contributed by atoms with Crippen LogP contribution in [-0.2, 0) is 9.59 Å². The second-order valence-electron chi connectivity index (χ2n) is 6.69. The van der Waals surface area contributed by atoms with Crippen molar-refractivity contribution in [3.8, 4) is 0 Å². The number of likely N-dealkylation sites (tertiary alicyclic amines) is 1. The van der Waals surface area contributed by atoms with Gasteiger partial charge in [-0.1, -0.05) is 48.7 Å². The number of halogens is 2. The minimum absolute atomic E-state index is 0.0206. The summed E-state index contributed by atoms with van der Waals surface area (Å²) < 4.78 is 0. The first-order valence-corrected chi connectivity index (χ1v) is 9.85. The molecule has 0 spiro atoms. The average Bonchev–Trinajstić information content (AvgIpc) is 2.66. The number of unbranched alkanes of at least 4 members (excludes halogenated alkanes) is 1. The van der Waals surface area contributed by atoms with Crippen molar-refractivity contribution in [1.29, 1.82) is 0 Å². The number of piperidine rings is 1. The monoisotopic (exact) mass is 396 g/mol. The number of rotatable bonds is 6. The van der Waals surface area contributed by atoms with Crippen LogP contribution in [0.25, 0.3) is 6.08 Å². The Bertz CT molecular complexity index is 668. The van der Waals surface area contributed by atoms with E-state index < -0.39 is 0 Å². The second kappa shape index (κ2) is 9.98. The Balaban J connectivity index is 1.87. The molecular formula is C20H26Cl2N2O2. The summed E-state index contributed by atoms with van der Waals surface area (Å²) >= 11 is 12.1. The first-order valence-electron chi connectivity index (χ1n) is 9.10. The van der Waals surface area contributed by atoms with Crippen molar-refractivity contribution in [3.05, 3.63) is 39.9 Å². The van der Waals surface area contributed by atoms with Gasteiger partial charge in [0.2, 0.25) is 11.8 Å². The molecule has 0 aromatic heterocycles. The minimum Gasteiger partial charge on any atom is -0.346 e. The zero-order valence-corrected chi connectivity index (χ0v) is 16.9.